The maximum Gasteiger partial charge on any atom is 0.323 e. The Bertz CT molecular complexity index is 470. The van der Waals surface area contributed by atoms with Crippen molar-refractivity contribution in [2.24, 2.45) is 5.41 Å². The van der Waals surface area contributed by atoms with Crippen molar-refractivity contribution >= 4 is 11.9 Å². The van der Waals surface area contributed by atoms with E-state index in [4.69, 9.17) is 9.47 Å². The molecular weight excluding hydrogens is 412 g/mol. The molecule has 0 bridgehead atoms. The smallest absolute Gasteiger partial charge is 0.323 e. The second-order valence-corrected chi connectivity index (χ2v) is 9.88. The molecule has 4 heteroatoms. The van der Waals surface area contributed by atoms with Gasteiger partial charge in [0, 0.05) is 0 Å². The number of esters is 2. The highest BCUT2D eigenvalue weighted by Gasteiger charge is 2.46. The minimum atomic E-state index is -1.16. The summed E-state index contributed by atoms with van der Waals surface area (Å²) in [6.45, 7) is 10.5. The Kier molecular flexibility index (Phi) is 20.8. The van der Waals surface area contributed by atoms with E-state index < -0.39 is 17.4 Å². The summed E-state index contributed by atoms with van der Waals surface area (Å²) in [4.78, 5) is 25.7. The monoisotopic (exact) mass is 468 g/mol. The summed E-state index contributed by atoms with van der Waals surface area (Å²) in [5.41, 5.74) is -1.16. The highest BCUT2D eigenvalue weighted by Crippen LogP contribution is 2.31. The highest BCUT2D eigenvalue weighted by atomic mass is 16.6. The van der Waals surface area contributed by atoms with Gasteiger partial charge in [-0.1, -0.05) is 118 Å². The molecule has 0 N–H and O–H groups in total. The molecule has 4 nitrogen and oxygen atoms in total. The molecule has 0 fully saturated rings. The Labute approximate surface area is 206 Å². The number of rotatable bonds is 23. The molecule has 0 aromatic heterocycles. The Morgan fingerprint density at radius 3 is 1.48 bits per heavy atom. The second-order valence-electron chi connectivity index (χ2n) is 9.88. The van der Waals surface area contributed by atoms with Crippen molar-refractivity contribution in [3.8, 4) is 0 Å². The first-order chi connectivity index (χ1) is 16.0. The minimum absolute atomic E-state index is 0.157. The summed E-state index contributed by atoms with van der Waals surface area (Å²) in [5, 5.41) is 0. The van der Waals surface area contributed by atoms with Gasteiger partial charge in [-0.3, -0.25) is 9.59 Å². The van der Waals surface area contributed by atoms with E-state index in [1.54, 1.807) is 0 Å². The third-order valence-electron chi connectivity index (χ3n) is 6.99. The Morgan fingerprint density at radius 2 is 1.03 bits per heavy atom. The van der Waals surface area contributed by atoms with Crippen molar-refractivity contribution in [2.45, 2.75) is 163 Å². The maximum absolute atomic E-state index is 12.9. The molecule has 33 heavy (non-hydrogen) atoms. The molecule has 1 atom stereocenters. The maximum atomic E-state index is 12.9. The SMILES string of the molecule is CCCCCCCCCCCCCCOC(=O)C(CC)(CC)C(=O)OC(C)CCCCCC. The average Bonchev–Trinajstić information content (AvgIpc) is 2.81. The summed E-state index contributed by atoms with van der Waals surface area (Å²) < 4.78 is 11.2. The van der Waals surface area contributed by atoms with E-state index in [1.807, 2.05) is 20.8 Å². The molecule has 1 unspecified atom stereocenters. The highest BCUT2D eigenvalue weighted by molar-refractivity contribution is 6.00. The zero-order chi connectivity index (χ0) is 24.8. The molecule has 0 rings (SSSR count). The van der Waals surface area contributed by atoms with E-state index in [0.29, 0.717) is 19.4 Å². The first kappa shape index (κ1) is 31.9. The summed E-state index contributed by atoms with van der Waals surface area (Å²) in [6, 6.07) is 0. The lowest BCUT2D eigenvalue weighted by Crippen LogP contribution is -2.42. The number of ether oxygens (including phenoxy) is 2. The molecule has 0 amide bonds. The lowest BCUT2D eigenvalue weighted by molar-refractivity contribution is -0.176. The standard InChI is InChI=1S/C29H56O4/c1-6-10-12-14-15-16-17-18-19-20-21-23-25-32-27(30)29(8-3,9-4)28(31)33-26(5)24-22-13-11-7-2/h26H,6-25H2,1-5H3. The quantitative estimate of drug-likeness (QED) is 0.0853. The van der Waals surface area contributed by atoms with Crippen LogP contribution in [0.15, 0.2) is 0 Å². The van der Waals surface area contributed by atoms with Gasteiger partial charge in [0.1, 0.15) is 0 Å². The van der Waals surface area contributed by atoms with Crippen LogP contribution < -0.4 is 0 Å². The van der Waals surface area contributed by atoms with Gasteiger partial charge in [-0.15, -0.1) is 0 Å². The van der Waals surface area contributed by atoms with Gasteiger partial charge in [-0.2, -0.15) is 0 Å². The Balaban J connectivity index is 4.08. The minimum Gasteiger partial charge on any atom is -0.465 e. The number of carbonyl (C=O) groups excluding carboxylic acids is 2. The predicted molar refractivity (Wildman–Crippen MR) is 139 cm³/mol. The summed E-state index contributed by atoms with van der Waals surface area (Å²) in [5.74, 6) is -0.811. The molecule has 0 saturated heterocycles. The molecule has 0 aliphatic rings. The molecule has 0 heterocycles. The molecule has 0 aromatic rings. The van der Waals surface area contributed by atoms with Gasteiger partial charge in [0.2, 0.25) is 0 Å². The zero-order valence-corrected chi connectivity index (χ0v) is 22.9. The molecule has 196 valence electrons. The molecule has 0 radical (unpaired) electrons. The summed E-state index contributed by atoms with van der Waals surface area (Å²) in [7, 11) is 0. The van der Waals surface area contributed by atoms with Gasteiger partial charge in [0.05, 0.1) is 12.7 Å². The van der Waals surface area contributed by atoms with Crippen molar-refractivity contribution in [2.75, 3.05) is 6.61 Å². The van der Waals surface area contributed by atoms with Crippen molar-refractivity contribution in [3.05, 3.63) is 0 Å². The molecular formula is C29H56O4. The zero-order valence-electron chi connectivity index (χ0n) is 22.9. The summed E-state index contributed by atoms with van der Waals surface area (Å²) in [6.07, 6.45) is 21.4. The number of hydrogen-bond donors (Lipinski definition) is 0. The van der Waals surface area contributed by atoms with Gasteiger partial charge < -0.3 is 9.47 Å². The van der Waals surface area contributed by atoms with E-state index >= 15 is 0 Å². The van der Waals surface area contributed by atoms with Crippen LogP contribution in [0.3, 0.4) is 0 Å². The van der Waals surface area contributed by atoms with Crippen LogP contribution in [-0.4, -0.2) is 24.6 Å². The van der Waals surface area contributed by atoms with Crippen LogP contribution in [-0.2, 0) is 19.1 Å². The average molecular weight is 469 g/mol. The predicted octanol–water partition coefficient (Wildman–Crippen LogP) is 8.94. The van der Waals surface area contributed by atoms with Crippen LogP contribution in [0, 0.1) is 5.41 Å². The van der Waals surface area contributed by atoms with Crippen LogP contribution in [0.4, 0.5) is 0 Å². The van der Waals surface area contributed by atoms with Crippen LogP contribution in [0.25, 0.3) is 0 Å². The molecule has 0 spiro atoms. The van der Waals surface area contributed by atoms with Crippen molar-refractivity contribution < 1.29 is 19.1 Å². The van der Waals surface area contributed by atoms with Gasteiger partial charge in [-0.25, -0.2) is 0 Å². The Hall–Kier alpha value is -1.06. The van der Waals surface area contributed by atoms with E-state index in [2.05, 4.69) is 13.8 Å². The third-order valence-corrected chi connectivity index (χ3v) is 6.99. The molecule has 0 aromatic carbocycles. The topological polar surface area (TPSA) is 52.6 Å². The normalized spacial score (nSPS) is 12.5. The van der Waals surface area contributed by atoms with Crippen LogP contribution in [0.2, 0.25) is 0 Å². The fourth-order valence-electron chi connectivity index (χ4n) is 4.37. The van der Waals surface area contributed by atoms with Crippen LogP contribution >= 0.6 is 0 Å². The summed E-state index contributed by atoms with van der Waals surface area (Å²) >= 11 is 0. The molecule has 0 aliphatic carbocycles. The lowest BCUT2D eigenvalue weighted by Gasteiger charge is -2.28. The number of unbranched alkanes of at least 4 members (excludes halogenated alkanes) is 14. The molecule has 0 saturated carbocycles. The largest absolute Gasteiger partial charge is 0.465 e. The third kappa shape index (κ3) is 14.7. The van der Waals surface area contributed by atoms with E-state index in [9.17, 15) is 9.59 Å². The van der Waals surface area contributed by atoms with Gasteiger partial charge in [0.15, 0.2) is 5.41 Å². The van der Waals surface area contributed by atoms with Gasteiger partial charge in [0.25, 0.3) is 0 Å². The second kappa shape index (κ2) is 21.5. The van der Waals surface area contributed by atoms with Crippen molar-refractivity contribution in [1.82, 2.24) is 0 Å². The van der Waals surface area contributed by atoms with Gasteiger partial charge >= 0.3 is 11.9 Å². The molecule has 0 aliphatic heterocycles. The number of carbonyl (C=O) groups is 2. The fraction of sp³-hybridized carbons (Fsp3) is 0.931. The first-order valence-corrected chi connectivity index (χ1v) is 14.4. The fourth-order valence-corrected chi connectivity index (χ4v) is 4.37. The lowest BCUT2D eigenvalue weighted by atomic mass is 9.82. The first-order valence-electron chi connectivity index (χ1n) is 14.4. The van der Waals surface area contributed by atoms with E-state index in [-0.39, 0.29) is 6.10 Å². The number of hydrogen-bond acceptors (Lipinski definition) is 4. The van der Waals surface area contributed by atoms with E-state index in [0.717, 1.165) is 32.1 Å². The van der Waals surface area contributed by atoms with Crippen molar-refractivity contribution in [3.63, 3.8) is 0 Å². The Morgan fingerprint density at radius 1 is 0.606 bits per heavy atom. The van der Waals surface area contributed by atoms with Crippen LogP contribution in [0.5, 0.6) is 0 Å². The van der Waals surface area contributed by atoms with Crippen molar-refractivity contribution in [1.29, 1.82) is 0 Å². The van der Waals surface area contributed by atoms with Crippen LogP contribution in [0.1, 0.15) is 157 Å². The van der Waals surface area contributed by atoms with E-state index in [1.165, 1.54) is 77.0 Å². The van der Waals surface area contributed by atoms with Gasteiger partial charge in [-0.05, 0) is 39.0 Å².